The fraction of sp³-hybridized carbons (Fsp3) is 0.429. The molecule has 1 aliphatic rings. The molecule has 0 amide bonds. The van der Waals surface area contributed by atoms with Gasteiger partial charge in [0.25, 0.3) is 0 Å². The van der Waals surface area contributed by atoms with Gasteiger partial charge in [-0.05, 0) is 49.1 Å². The van der Waals surface area contributed by atoms with Gasteiger partial charge >= 0.3 is 0 Å². The number of hydrogen-bond acceptors (Lipinski definition) is 5. The van der Waals surface area contributed by atoms with Crippen molar-refractivity contribution >= 4 is 17.2 Å². The van der Waals surface area contributed by atoms with Crippen LogP contribution in [0.5, 0.6) is 0 Å². The Morgan fingerprint density at radius 2 is 2.05 bits per heavy atom. The van der Waals surface area contributed by atoms with Gasteiger partial charge in [-0.3, -0.25) is 4.90 Å². The number of para-hydroxylation sites is 1. The summed E-state index contributed by atoms with van der Waals surface area (Å²) in [6, 6.07) is 8.54. The molecule has 0 atom stereocenters. The van der Waals surface area contributed by atoms with Crippen LogP contribution >= 0.6 is 11.5 Å². The predicted molar refractivity (Wildman–Crippen MR) is 78.2 cm³/mol. The van der Waals surface area contributed by atoms with Crippen LogP contribution in [-0.4, -0.2) is 27.6 Å². The number of likely N-dealkylation sites (tertiary alicyclic amines) is 1. The SMILES string of the molecule is c1ccc(NCc2csnn2)c(CN2CCCC2)c1. The molecule has 0 aliphatic carbocycles. The van der Waals surface area contributed by atoms with E-state index in [1.807, 2.05) is 5.38 Å². The number of benzene rings is 1. The van der Waals surface area contributed by atoms with E-state index < -0.39 is 0 Å². The minimum Gasteiger partial charge on any atom is -0.379 e. The smallest absolute Gasteiger partial charge is 0.0946 e. The fourth-order valence-electron chi connectivity index (χ4n) is 2.46. The summed E-state index contributed by atoms with van der Waals surface area (Å²) in [6.45, 7) is 4.24. The topological polar surface area (TPSA) is 41.1 Å². The third kappa shape index (κ3) is 3.30. The van der Waals surface area contributed by atoms with Gasteiger partial charge in [0.15, 0.2) is 0 Å². The van der Waals surface area contributed by atoms with Gasteiger partial charge in [0, 0.05) is 17.6 Å². The molecule has 0 radical (unpaired) electrons. The van der Waals surface area contributed by atoms with Crippen molar-refractivity contribution < 1.29 is 0 Å². The predicted octanol–water partition coefficient (Wildman–Crippen LogP) is 2.75. The Morgan fingerprint density at radius 1 is 1.21 bits per heavy atom. The Balaban J connectivity index is 1.66. The number of aromatic nitrogens is 2. The maximum atomic E-state index is 4.06. The van der Waals surface area contributed by atoms with Crippen LogP contribution in [0.25, 0.3) is 0 Å². The van der Waals surface area contributed by atoms with Crippen LogP contribution in [0.2, 0.25) is 0 Å². The third-order valence-corrected chi connectivity index (χ3v) is 4.03. The molecular formula is C14H18N4S. The summed E-state index contributed by atoms with van der Waals surface area (Å²) in [5.74, 6) is 0. The molecule has 1 aromatic carbocycles. The molecule has 0 spiro atoms. The quantitative estimate of drug-likeness (QED) is 0.910. The van der Waals surface area contributed by atoms with Crippen LogP contribution in [0.15, 0.2) is 29.6 Å². The standard InChI is InChI=1S/C14H18N4S/c1-2-6-14(15-9-13-11-19-17-16-13)12(5-1)10-18-7-3-4-8-18/h1-2,5-6,11,15H,3-4,7-10H2. The van der Waals surface area contributed by atoms with E-state index in [1.165, 1.54) is 48.7 Å². The molecular weight excluding hydrogens is 256 g/mol. The molecule has 3 rings (SSSR count). The van der Waals surface area contributed by atoms with Crippen LogP contribution in [0.1, 0.15) is 24.1 Å². The Kier molecular flexibility index (Phi) is 4.05. The zero-order chi connectivity index (χ0) is 12.9. The highest BCUT2D eigenvalue weighted by Gasteiger charge is 2.13. The lowest BCUT2D eigenvalue weighted by Crippen LogP contribution is -2.19. The second kappa shape index (κ2) is 6.12. The highest BCUT2D eigenvalue weighted by Crippen LogP contribution is 2.20. The zero-order valence-electron chi connectivity index (χ0n) is 10.9. The van der Waals surface area contributed by atoms with E-state index in [4.69, 9.17) is 0 Å². The van der Waals surface area contributed by atoms with Gasteiger partial charge in [0.05, 0.1) is 12.2 Å². The third-order valence-electron chi connectivity index (χ3n) is 3.48. The number of hydrogen-bond donors (Lipinski definition) is 1. The van der Waals surface area contributed by atoms with Crippen LogP contribution in [0.4, 0.5) is 5.69 Å². The molecule has 0 saturated carbocycles. The molecule has 1 aliphatic heterocycles. The molecule has 19 heavy (non-hydrogen) atoms. The first-order valence-electron chi connectivity index (χ1n) is 6.72. The lowest BCUT2D eigenvalue weighted by atomic mass is 10.1. The van der Waals surface area contributed by atoms with Gasteiger partial charge < -0.3 is 5.32 Å². The molecule has 2 heterocycles. The van der Waals surface area contributed by atoms with E-state index in [0.717, 1.165) is 18.8 Å². The maximum Gasteiger partial charge on any atom is 0.0946 e. The van der Waals surface area contributed by atoms with Crippen LogP contribution < -0.4 is 5.32 Å². The monoisotopic (exact) mass is 274 g/mol. The van der Waals surface area contributed by atoms with E-state index >= 15 is 0 Å². The minimum absolute atomic E-state index is 0.744. The van der Waals surface area contributed by atoms with Crippen molar-refractivity contribution in [2.75, 3.05) is 18.4 Å². The fourth-order valence-corrected chi connectivity index (χ4v) is 2.91. The average Bonchev–Trinajstić information content (AvgIpc) is 3.10. The molecule has 4 nitrogen and oxygen atoms in total. The average molecular weight is 274 g/mol. The van der Waals surface area contributed by atoms with Crippen LogP contribution in [-0.2, 0) is 13.1 Å². The maximum absolute atomic E-state index is 4.06. The number of nitrogens with one attached hydrogen (secondary N) is 1. The van der Waals surface area contributed by atoms with Gasteiger partial charge in [-0.15, -0.1) is 5.10 Å². The number of anilines is 1. The summed E-state index contributed by atoms with van der Waals surface area (Å²) in [6.07, 6.45) is 2.67. The van der Waals surface area contributed by atoms with Crippen molar-refractivity contribution in [3.05, 3.63) is 40.9 Å². The Hall–Kier alpha value is -1.46. The molecule has 2 aromatic rings. The van der Waals surface area contributed by atoms with Gasteiger partial charge in [-0.25, -0.2) is 0 Å². The van der Waals surface area contributed by atoms with Crippen molar-refractivity contribution in [2.45, 2.75) is 25.9 Å². The van der Waals surface area contributed by atoms with E-state index in [9.17, 15) is 0 Å². The second-order valence-corrected chi connectivity index (χ2v) is 5.50. The Morgan fingerprint density at radius 3 is 2.84 bits per heavy atom. The lowest BCUT2D eigenvalue weighted by molar-refractivity contribution is 0.332. The summed E-state index contributed by atoms with van der Waals surface area (Å²) >= 11 is 1.40. The van der Waals surface area contributed by atoms with Gasteiger partial charge in [-0.1, -0.05) is 22.7 Å². The summed E-state index contributed by atoms with van der Waals surface area (Å²) in [5.41, 5.74) is 3.58. The van der Waals surface area contributed by atoms with Crippen molar-refractivity contribution in [3.63, 3.8) is 0 Å². The van der Waals surface area contributed by atoms with Gasteiger partial charge in [0.1, 0.15) is 0 Å². The molecule has 0 unspecified atom stereocenters. The van der Waals surface area contributed by atoms with E-state index in [-0.39, 0.29) is 0 Å². The first kappa shape index (κ1) is 12.6. The molecule has 1 fully saturated rings. The van der Waals surface area contributed by atoms with Gasteiger partial charge in [-0.2, -0.15) is 0 Å². The summed E-state index contributed by atoms with van der Waals surface area (Å²) in [7, 11) is 0. The highest BCUT2D eigenvalue weighted by atomic mass is 32.1. The number of rotatable bonds is 5. The first-order chi connectivity index (χ1) is 9.42. The van der Waals surface area contributed by atoms with Crippen molar-refractivity contribution in [1.82, 2.24) is 14.5 Å². The molecule has 5 heteroatoms. The van der Waals surface area contributed by atoms with E-state index in [1.54, 1.807) is 0 Å². The van der Waals surface area contributed by atoms with Gasteiger partial charge in [0.2, 0.25) is 0 Å². The highest BCUT2D eigenvalue weighted by molar-refractivity contribution is 7.03. The van der Waals surface area contributed by atoms with Crippen LogP contribution in [0.3, 0.4) is 0 Å². The number of nitrogens with zero attached hydrogens (tertiary/aromatic N) is 3. The van der Waals surface area contributed by atoms with Crippen LogP contribution in [0, 0.1) is 0 Å². The molecule has 1 saturated heterocycles. The minimum atomic E-state index is 0.744. The Bertz CT molecular complexity index is 506. The summed E-state index contributed by atoms with van der Waals surface area (Å²) in [4.78, 5) is 2.52. The second-order valence-electron chi connectivity index (χ2n) is 4.89. The molecule has 1 N–H and O–H groups in total. The molecule has 100 valence electrons. The molecule has 0 bridgehead atoms. The normalized spacial score (nSPS) is 15.8. The Labute approximate surface area is 117 Å². The van der Waals surface area contributed by atoms with E-state index in [0.29, 0.717) is 0 Å². The first-order valence-corrected chi connectivity index (χ1v) is 7.55. The van der Waals surface area contributed by atoms with Crippen molar-refractivity contribution in [3.8, 4) is 0 Å². The zero-order valence-corrected chi connectivity index (χ0v) is 11.7. The van der Waals surface area contributed by atoms with Crippen molar-refractivity contribution in [1.29, 1.82) is 0 Å². The summed E-state index contributed by atoms with van der Waals surface area (Å²) < 4.78 is 3.88. The summed E-state index contributed by atoms with van der Waals surface area (Å²) in [5, 5.41) is 9.51. The lowest BCUT2D eigenvalue weighted by Gasteiger charge is -2.18. The van der Waals surface area contributed by atoms with Crippen molar-refractivity contribution in [2.24, 2.45) is 0 Å². The molecule has 1 aromatic heterocycles. The largest absolute Gasteiger partial charge is 0.379 e. The van der Waals surface area contributed by atoms with E-state index in [2.05, 4.69) is 44.1 Å².